The highest BCUT2D eigenvalue weighted by Gasteiger charge is 2.29. The van der Waals surface area contributed by atoms with Crippen molar-refractivity contribution in [1.82, 2.24) is 10.3 Å². The van der Waals surface area contributed by atoms with Crippen molar-refractivity contribution >= 4 is 39.9 Å². The van der Waals surface area contributed by atoms with Gasteiger partial charge in [-0.05, 0) is 54.7 Å². The van der Waals surface area contributed by atoms with Gasteiger partial charge in [0.15, 0.2) is 22.3 Å². The van der Waals surface area contributed by atoms with Gasteiger partial charge < -0.3 is 34.9 Å². The number of amides is 2. The number of nitrogens with one attached hydrogen (secondary N) is 3. The Bertz CT molecular complexity index is 1570. The van der Waals surface area contributed by atoms with Gasteiger partial charge in [-0.1, -0.05) is 6.07 Å². The van der Waals surface area contributed by atoms with Crippen LogP contribution in [0.3, 0.4) is 0 Å². The van der Waals surface area contributed by atoms with Crippen molar-refractivity contribution in [2.24, 2.45) is 0 Å². The largest absolute Gasteiger partial charge is 0.493 e. The van der Waals surface area contributed by atoms with Gasteiger partial charge in [-0.3, -0.25) is 14.4 Å². The Labute approximate surface area is 246 Å². The van der Waals surface area contributed by atoms with Gasteiger partial charge in [-0.15, -0.1) is 11.3 Å². The number of anilines is 2. The Balaban J connectivity index is 1.69. The number of carbonyl (C=O) groups excluding carboxylic acids is 3. The molecule has 0 aliphatic heterocycles. The molecule has 0 bridgehead atoms. The highest BCUT2D eigenvalue weighted by molar-refractivity contribution is 7.14. The molecule has 0 radical (unpaired) electrons. The lowest BCUT2D eigenvalue weighted by molar-refractivity contribution is -0.119. The zero-order chi connectivity index (χ0) is 30.4. The minimum absolute atomic E-state index is 0.0993. The number of fused-ring (bicyclic) bond motifs is 3. The molecule has 1 aliphatic carbocycles. The van der Waals surface area contributed by atoms with Crippen molar-refractivity contribution < 1.29 is 33.3 Å². The first-order valence-corrected chi connectivity index (χ1v) is 14.0. The summed E-state index contributed by atoms with van der Waals surface area (Å²) in [6, 6.07) is 6.23. The summed E-state index contributed by atoms with van der Waals surface area (Å²) in [5.41, 5.74) is 2.79. The molecule has 0 fully saturated rings. The fraction of sp³-hybridized carbons (Fsp3) is 0.345. The monoisotopic (exact) mass is 596 g/mol. The third-order valence-electron chi connectivity index (χ3n) is 6.59. The van der Waals surface area contributed by atoms with Crippen molar-refractivity contribution in [1.29, 1.82) is 0 Å². The van der Waals surface area contributed by atoms with Gasteiger partial charge in [0.2, 0.25) is 23.0 Å². The molecule has 13 heteroatoms. The fourth-order valence-corrected chi connectivity index (χ4v) is 5.52. The van der Waals surface area contributed by atoms with E-state index in [4.69, 9.17) is 18.9 Å². The highest BCUT2D eigenvalue weighted by atomic mass is 32.1. The number of hydrogen-bond donors (Lipinski definition) is 3. The first kappa shape index (κ1) is 30.3. The fourth-order valence-electron chi connectivity index (χ4n) is 4.82. The summed E-state index contributed by atoms with van der Waals surface area (Å²) in [6.07, 6.45) is 1.10. The van der Waals surface area contributed by atoms with E-state index < -0.39 is 17.9 Å². The van der Waals surface area contributed by atoms with E-state index in [9.17, 15) is 19.2 Å². The quantitative estimate of drug-likeness (QED) is 0.296. The molecule has 3 aromatic rings. The smallest absolute Gasteiger partial charge is 0.357 e. The number of hydrogen-bond acceptors (Lipinski definition) is 11. The van der Waals surface area contributed by atoms with Crippen LogP contribution in [0.25, 0.3) is 11.1 Å². The van der Waals surface area contributed by atoms with Crippen molar-refractivity contribution in [2.45, 2.75) is 32.7 Å². The number of methoxy groups -OCH3 is 3. The van der Waals surface area contributed by atoms with Gasteiger partial charge in [-0.2, -0.15) is 0 Å². The summed E-state index contributed by atoms with van der Waals surface area (Å²) in [6.45, 7) is 3.09. The van der Waals surface area contributed by atoms with Gasteiger partial charge in [0.1, 0.15) is 0 Å². The van der Waals surface area contributed by atoms with E-state index in [0.717, 1.165) is 22.5 Å². The molecular formula is C29H32N4O8S. The number of aromatic nitrogens is 1. The molecule has 2 aromatic carbocycles. The molecule has 3 N–H and O–H groups in total. The maximum absolute atomic E-state index is 13.4. The summed E-state index contributed by atoms with van der Waals surface area (Å²) in [5, 5.41) is 10.2. The van der Waals surface area contributed by atoms with Crippen LogP contribution in [-0.4, -0.2) is 57.2 Å². The molecule has 4 rings (SSSR count). The van der Waals surface area contributed by atoms with E-state index in [0.29, 0.717) is 41.2 Å². The van der Waals surface area contributed by atoms with Crippen LogP contribution in [0, 0.1) is 0 Å². The third-order valence-corrected chi connectivity index (χ3v) is 7.35. The summed E-state index contributed by atoms with van der Waals surface area (Å²) < 4.78 is 21.9. The van der Waals surface area contributed by atoms with Gasteiger partial charge in [0.25, 0.3) is 0 Å². The lowest BCUT2D eigenvalue weighted by atomic mass is 9.95. The van der Waals surface area contributed by atoms with Crippen molar-refractivity contribution in [2.75, 3.05) is 45.1 Å². The SMILES string of the molecule is CCOC(=O)c1csc(NC(=O)CNc2ccc3c(cc2=O)[C@@H](NC(C)=O)CCc2cc(OC)c(OC)c(OC)c2-3)n1. The Kier molecular flexibility index (Phi) is 9.63. The maximum atomic E-state index is 13.4. The lowest BCUT2D eigenvalue weighted by Crippen LogP contribution is -2.27. The van der Waals surface area contributed by atoms with E-state index in [2.05, 4.69) is 20.9 Å². The molecule has 0 unspecified atom stereocenters. The van der Waals surface area contributed by atoms with Crippen LogP contribution in [0.1, 0.15) is 47.9 Å². The molecule has 1 aliphatic rings. The van der Waals surface area contributed by atoms with Crippen molar-refractivity contribution in [3.8, 4) is 28.4 Å². The minimum atomic E-state index is -0.577. The van der Waals surface area contributed by atoms with E-state index in [1.54, 1.807) is 26.2 Å². The Morgan fingerprint density at radius 3 is 2.50 bits per heavy atom. The molecule has 12 nitrogen and oxygen atoms in total. The lowest BCUT2D eigenvalue weighted by Gasteiger charge is -2.19. The number of nitrogens with zero attached hydrogens (tertiary/aromatic N) is 1. The topological polar surface area (TPSA) is 154 Å². The number of benzene rings is 1. The average molecular weight is 597 g/mol. The molecule has 0 saturated heterocycles. The van der Waals surface area contributed by atoms with Crippen LogP contribution < -0.4 is 35.6 Å². The van der Waals surface area contributed by atoms with E-state index >= 15 is 0 Å². The minimum Gasteiger partial charge on any atom is -0.493 e. The van der Waals surface area contributed by atoms with Crippen LogP contribution in [-0.2, 0) is 20.7 Å². The first-order valence-electron chi connectivity index (χ1n) is 13.1. The summed E-state index contributed by atoms with van der Waals surface area (Å²) in [5.74, 6) is 0.0651. The molecule has 1 heterocycles. The Morgan fingerprint density at radius 2 is 1.83 bits per heavy atom. The molecule has 0 saturated carbocycles. The second-order valence-corrected chi connectivity index (χ2v) is 10.1. The normalized spacial score (nSPS) is 13.5. The molecule has 42 heavy (non-hydrogen) atoms. The molecule has 1 atom stereocenters. The Hall–Kier alpha value is -4.65. The van der Waals surface area contributed by atoms with Crippen LogP contribution in [0.15, 0.2) is 34.4 Å². The summed E-state index contributed by atoms with van der Waals surface area (Å²) in [7, 11) is 4.58. The van der Waals surface area contributed by atoms with Gasteiger partial charge in [-0.25, -0.2) is 9.78 Å². The Morgan fingerprint density at radius 1 is 1.07 bits per heavy atom. The van der Waals surface area contributed by atoms with Gasteiger partial charge in [0, 0.05) is 17.9 Å². The number of ether oxygens (including phenoxy) is 4. The third kappa shape index (κ3) is 6.46. The van der Waals surface area contributed by atoms with Crippen LogP contribution in [0.4, 0.5) is 10.8 Å². The number of esters is 1. The molecular weight excluding hydrogens is 564 g/mol. The van der Waals surface area contributed by atoms with Crippen LogP contribution >= 0.6 is 11.3 Å². The predicted octanol–water partition coefficient (Wildman–Crippen LogP) is 3.55. The average Bonchev–Trinajstić information content (AvgIpc) is 3.30. The number of aryl methyl sites for hydroxylation is 1. The summed E-state index contributed by atoms with van der Waals surface area (Å²) >= 11 is 1.08. The standard InChI is InChI=1S/C29H32N4O8S/c1-6-41-28(37)21-14-42-29(32-21)33-24(36)13-30-20-10-8-17-18(12-22(20)35)19(31-15(2)34)9-7-16-11-23(38-3)26(39-4)27(40-5)25(16)17/h8,10-12,14,19H,6-7,9,13H2,1-5H3,(H,30,35)(H,31,34)(H,32,33,36)/t19-/m0/s1. The molecule has 2 amide bonds. The zero-order valence-corrected chi connectivity index (χ0v) is 24.7. The van der Waals surface area contributed by atoms with Gasteiger partial charge >= 0.3 is 5.97 Å². The van der Waals surface area contributed by atoms with Gasteiger partial charge in [0.05, 0.1) is 46.2 Å². The zero-order valence-electron chi connectivity index (χ0n) is 23.9. The number of thiazole rings is 1. The van der Waals surface area contributed by atoms with E-state index in [1.165, 1.54) is 32.6 Å². The van der Waals surface area contributed by atoms with Crippen molar-refractivity contribution in [3.05, 3.63) is 56.7 Å². The summed E-state index contributed by atoms with van der Waals surface area (Å²) in [4.78, 5) is 54.0. The predicted molar refractivity (Wildman–Crippen MR) is 158 cm³/mol. The highest BCUT2D eigenvalue weighted by Crippen LogP contribution is 2.50. The molecule has 1 aromatic heterocycles. The molecule has 0 spiro atoms. The second kappa shape index (κ2) is 13.3. The van der Waals surface area contributed by atoms with Crippen molar-refractivity contribution in [3.63, 3.8) is 0 Å². The first-order chi connectivity index (χ1) is 20.2. The van der Waals surface area contributed by atoms with E-state index in [1.807, 2.05) is 6.07 Å². The number of carbonyl (C=O) groups is 3. The number of rotatable bonds is 10. The molecule has 222 valence electrons. The second-order valence-electron chi connectivity index (χ2n) is 9.26. The van der Waals surface area contributed by atoms with Crippen LogP contribution in [0.5, 0.6) is 17.2 Å². The van der Waals surface area contributed by atoms with Crippen LogP contribution in [0.2, 0.25) is 0 Å². The van der Waals surface area contributed by atoms with E-state index in [-0.39, 0.29) is 41.0 Å². The maximum Gasteiger partial charge on any atom is 0.357 e.